The molecule has 0 radical (unpaired) electrons. The number of thiophene rings is 1. The number of hydrogen-bond acceptors (Lipinski definition) is 2. The van der Waals surface area contributed by atoms with Gasteiger partial charge in [0.2, 0.25) is 0 Å². The van der Waals surface area contributed by atoms with Crippen LogP contribution in [0.25, 0.3) is 0 Å². The summed E-state index contributed by atoms with van der Waals surface area (Å²) in [6.07, 6.45) is 5.42. The summed E-state index contributed by atoms with van der Waals surface area (Å²) in [5, 5.41) is 6.08. The van der Waals surface area contributed by atoms with Gasteiger partial charge in [-0.2, -0.15) is 0 Å². The van der Waals surface area contributed by atoms with Gasteiger partial charge in [0, 0.05) is 10.9 Å². The minimum atomic E-state index is 0.588. The second-order valence-electron chi connectivity index (χ2n) is 6.58. The molecule has 1 N–H and O–H groups in total. The SMILES string of the molecule is CCCNC(c1sccc1C)C1CC(C)CC(C)C1. The molecule has 0 saturated heterocycles. The molecule has 19 heavy (non-hydrogen) atoms. The Bertz CT molecular complexity index is 374. The summed E-state index contributed by atoms with van der Waals surface area (Å²) in [6.45, 7) is 10.5. The van der Waals surface area contributed by atoms with Crippen LogP contribution in [0.15, 0.2) is 11.4 Å². The second-order valence-corrected chi connectivity index (χ2v) is 7.52. The van der Waals surface area contributed by atoms with Crippen molar-refractivity contribution in [3.8, 4) is 0 Å². The van der Waals surface area contributed by atoms with Gasteiger partial charge in [-0.3, -0.25) is 0 Å². The van der Waals surface area contributed by atoms with Crippen LogP contribution in [-0.2, 0) is 0 Å². The van der Waals surface area contributed by atoms with Crippen molar-refractivity contribution < 1.29 is 0 Å². The van der Waals surface area contributed by atoms with Crippen molar-refractivity contribution in [1.29, 1.82) is 0 Å². The summed E-state index contributed by atoms with van der Waals surface area (Å²) >= 11 is 1.94. The molecule has 3 unspecified atom stereocenters. The highest BCUT2D eigenvalue weighted by molar-refractivity contribution is 7.10. The first-order valence-corrected chi connectivity index (χ1v) is 8.77. The predicted octanol–water partition coefficient (Wildman–Crippen LogP) is 5.17. The Morgan fingerprint density at radius 2 is 1.95 bits per heavy atom. The lowest BCUT2D eigenvalue weighted by Gasteiger charge is -2.37. The molecular weight excluding hydrogens is 250 g/mol. The van der Waals surface area contributed by atoms with E-state index in [1.165, 1.54) is 31.2 Å². The van der Waals surface area contributed by atoms with Crippen LogP contribution in [0.1, 0.15) is 62.9 Å². The van der Waals surface area contributed by atoms with Crippen molar-refractivity contribution in [3.05, 3.63) is 21.9 Å². The van der Waals surface area contributed by atoms with E-state index in [9.17, 15) is 0 Å². The van der Waals surface area contributed by atoms with Crippen LogP contribution in [0.2, 0.25) is 0 Å². The molecule has 0 aromatic carbocycles. The van der Waals surface area contributed by atoms with Gasteiger partial charge in [-0.25, -0.2) is 0 Å². The first-order chi connectivity index (χ1) is 9.11. The summed E-state index contributed by atoms with van der Waals surface area (Å²) < 4.78 is 0. The molecular formula is C17H29NS. The molecule has 1 fully saturated rings. The topological polar surface area (TPSA) is 12.0 Å². The fourth-order valence-corrected chi connectivity index (χ4v) is 4.85. The fraction of sp³-hybridized carbons (Fsp3) is 0.765. The van der Waals surface area contributed by atoms with E-state index >= 15 is 0 Å². The summed E-state index contributed by atoms with van der Waals surface area (Å²) in [7, 11) is 0. The Balaban J connectivity index is 2.15. The minimum Gasteiger partial charge on any atom is -0.309 e. The number of rotatable bonds is 5. The Hall–Kier alpha value is -0.340. The van der Waals surface area contributed by atoms with Crippen LogP contribution in [0.4, 0.5) is 0 Å². The smallest absolute Gasteiger partial charge is 0.0446 e. The van der Waals surface area contributed by atoms with Crippen LogP contribution < -0.4 is 5.32 Å². The van der Waals surface area contributed by atoms with E-state index in [-0.39, 0.29) is 0 Å². The van der Waals surface area contributed by atoms with Crippen LogP contribution in [-0.4, -0.2) is 6.54 Å². The summed E-state index contributed by atoms with van der Waals surface area (Å²) in [4.78, 5) is 1.58. The largest absolute Gasteiger partial charge is 0.309 e. The minimum absolute atomic E-state index is 0.588. The van der Waals surface area contributed by atoms with Gasteiger partial charge in [0.1, 0.15) is 0 Å². The van der Waals surface area contributed by atoms with Crippen LogP contribution >= 0.6 is 11.3 Å². The molecule has 1 aliphatic rings. The normalized spacial score (nSPS) is 29.4. The van der Waals surface area contributed by atoms with E-state index in [1.807, 2.05) is 11.3 Å². The zero-order valence-electron chi connectivity index (χ0n) is 12.9. The van der Waals surface area contributed by atoms with Gasteiger partial charge >= 0.3 is 0 Å². The van der Waals surface area contributed by atoms with Gasteiger partial charge in [-0.1, -0.05) is 20.8 Å². The lowest BCUT2D eigenvalue weighted by Crippen LogP contribution is -2.33. The Morgan fingerprint density at radius 3 is 2.47 bits per heavy atom. The van der Waals surface area contributed by atoms with Crippen molar-refractivity contribution in [1.82, 2.24) is 5.32 Å². The molecule has 2 rings (SSSR count). The van der Waals surface area contributed by atoms with Crippen molar-refractivity contribution in [2.75, 3.05) is 6.54 Å². The lowest BCUT2D eigenvalue weighted by atomic mass is 9.73. The quantitative estimate of drug-likeness (QED) is 0.784. The first-order valence-electron chi connectivity index (χ1n) is 7.89. The molecule has 2 heteroatoms. The average molecular weight is 279 g/mol. The van der Waals surface area contributed by atoms with Gasteiger partial charge in [-0.15, -0.1) is 11.3 Å². The van der Waals surface area contributed by atoms with E-state index in [2.05, 4.69) is 44.5 Å². The molecule has 1 aliphatic carbocycles. The molecule has 0 bridgehead atoms. The van der Waals surface area contributed by atoms with Gasteiger partial charge in [0.15, 0.2) is 0 Å². The average Bonchev–Trinajstić information content (AvgIpc) is 2.75. The standard InChI is InChI=1S/C17H29NS/c1-5-7-18-16(17-14(4)6-8-19-17)15-10-12(2)9-13(3)11-15/h6,8,12-13,15-16,18H,5,7,9-11H2,1-4H3. The van der Waals surface area contributed by atoms with Crippen LogP contribution in [0.3, 0.4) is 0 Å². The van der Waals surface area contributed by atoms with Crippen molar-refractivity contribution >= 4 is 11.3 Å². The van der Waals surface area contributed by atoms with E-state index in [0.717, 1.165) is 24.3 Å². The highest BCUT2D eigenvalue weighted by atomic mass is 32.1. The highest BCUT2D eigenvalue weighted by Crippen LogP contribution is 2.41. The van der Waals surface area contributed by atoms with Gasteiger partial charge in [0.25, 0.3) is 0 Å². The molecule has 0 aliphatic heterocycles. The predicted molar refractivity (Wildman–Crippen MR) is 85.8 cm³/mol. The molecule has 1 heterocycles. The monoisotopic (exact) mass is 279 g/mol. The molecule has 108 valence electrons. The highest BCUT2D eigenvalue weighted by Gasteiger charge is 2.31. The van der Waals surface area contributed by atoms with Crippen molar-refractivity contribution in [3.63, 3.8) is 0 Å². The summed E-state index contributed by atoms with van der Waals surface area (Å²) in [5.74, 6) is 2.60. The van der Waals surface area contributed by atoms with Gasteiger partial charge in [0.05, 0.1) is 0 Å². The van der Waals surface area contributed by atoms with Crippen molar-refractivity contribution in [2.24, 2.45) is 17.8 Å². The molecule has 3 atom stereocenters. The second kappa shape index (κ2) is 6.90. The number of hydrogen-bond donors (Lipinski definition) is 1. The molecule has 1 aromatic rings. The first kappa shape index (κ1) is 15.1. The lowest BCUT2D eigenvalue weighted by molar-refractivity contribution is 0.178. The zero-order chi connectivity index (χ0) is 13.8. The molecule has 1 saturated carbocycles. The van der Waals surface area contributed by atoms with Gasteiger partial charge in [-0.05, 0) is 73.9 Å². The van der Waals surface area contributed by atoms with Crippen LogP contribution in [0, 0.1) is 24.7 Å². The van der Waals surface area contributed by atoms with E-state index in [4.69, 9.17) is 0 Å². The number of aryl methyl sites for hydroxylation is 1. The molecule has 1 aromatic heterocycles. The molecule has 1 nitrogen and oxygen atoms in total. The van der Waals surface area contributed by atoms with E-state index < -0.39 is 0 Å². The Morgan fingerprint density at radius 1 is 1.26 bits per heavy atom. The van der Waals surface area contributed by atoms with E-state index in [1.54, 1.807) is 4.88 Å². The van der Waals surface area contributed by atoms with E-state index in [0.29, 0.717) is 6.04 Å². The maximum Gasteiger partial charge on any atom is 0.0446 e. The third-order valence-corrected chi connectivity index (χ3v) is 5.59. The number of nitrogens with one attached hydrogen (secondary N) is 1. The third kappa shape index (κ3) is 3.82. The Labute approximate surface area is 122 Å². The maximum atomic E-state index is 3.83. The zero-order valence-corrected chi connectivity index (χ0v) is 13.7. The third-order valence-electron chi connectivity index (χ3n) is 4.48. The maximum absolute atomic E-state index is 3.83. The Kier molecular flexibility index (Phi) is 5.47. The summed E-state index contributed by atoms with van der Waals surface area (Å²) in [6, 6.07) is 2.86. The molecule has 0 amide bonds. The fourth-order valence-electron chi connectivity index (χ4n) is 3.76. The van der Waals surface area contributed by atoms with Crippen molar-refractivity contribution in [2.45, 2.75) is 59.4 Å². The van der Waals surface area contributed by atoms with Crippen LogP contribution in [0.5, 0.6) is 0 Å². The summed E-state index contributed by atoms with van der Waals surface area (Å²) in [5.41, 5.74) is 1.48. The van der Waals surface area contributed by atoms with Gasteiger partial charge < -0.3 is 5.32 Å². The molecule has 0 spiro atoms.